The molecule has 0 aliphatic heterocycles. The summed E-state index contributed by atoms with van der Waals surface area (Å²) in [6, 6.07) is 6.48. The molecule has 1 unspecified atom stereocenters. The number of benzene rings is 1. The van der Waals surface area contributed by atoms with Gasteiger partial charge in [-0.3, -0.25) is 0 Å². The van der Waals surface area contributed by atoms with Gasteiger partial charge in [0.2, 0.25) is 10.0 Å². The van der Waals surface area contributed by atoms with Gasteiger partial charge in [0, 0.05) is 6.04 Å². The molecule has 0 bridgehead atoms. The standard InChI is InChI=1S/C14H23NO3S/c1-4-6-11-18-13-7-9-14(10-8-13)19(16,17)15-12(3)5-2/h7-10,12,15H,4-6,11H2,1-3H3. The highest BCUT2D eigenvalue weighted by molar-refractivity contribution is 7.89. The maximum Gasteiger partial charge on any atom is 0.240 e. The molecule has 5 heteroatoms. The summed E-state index contributed by atoms with van der Waals surface area (Å²) in [7, 11) is -3.42. The number of sulfonamides is 1. The van der Waals surface area contributed by atoms with Crippen LogP contribution in [0.2, 0.25) is 0 Å². The lowest BCUT2D eigenvalue weighted by molar-refractivity contribution is 0.309. The number of rotatable bonds is 8. The zero-order chi connectivity index (χ0) is 14.3. The smallest absolute Gasteiger partial charge is 0.240 e. The lowest BCUT2D eigenvalue weighted by Crippen LogP contribution is -2.31. The van der Waals surface area contributed by atoms with E-state index in [2.05, 4.69) is 11.6 Å². The Kier molecular flexibility index (Phi) is 6.31. The van der Waals surface area contributed by atoms with Crippen LogP contribution < -0.4 is 9.46 Å². The van der Waals surface area contributed by atoms with E-state index in [1.54, 1.807) is 24.3 Å². The van der Waals surface area contributed by atoms with E-state index in [0.717, 1.165) is 19.3 Å². The van der Waals surface area contributed by atoms with Crippen LogP contribution in [0.4, 0.5) is 0 Å². The Morgan fingerprint density at radius 1 is 1.21 bits per heavy atom. The molecule has 0 radical (unpaired) electrons. The summed E-state index contributed by atoms with van der Waals surface area (Å²) in [6.45, 7) is 6.55. The summed E-state index contributed by atoms with van der Waals surface area (Å²) in [5.74, 6) is 0.705. The molecule has 0 saturated carbocycles. The molecule has 108 valence electrons. The first-order chi connectivity index (χ1) is 8.99. The molecule has 0 fully saturated rings. The third kappa shape index (κ3) is 5.20. The van der Waals surface area contributed by atoms with Crippen LogP contribution in [0.5, 0.6) is 5.75 Å². The van der Waals surface area contributed by atoms with Crippen LogP contribution in [0.3, 0.4) is 0 Å². The van der Waals surface area contributed by atoms with Gasteiger partial charge < -0.3 is 4.74 Å². The van der Waals surface area contributed by atoms with Gasteiger partial charge in [0.1, 0.15) is 5.75 Å². The second-order valence-corrected chi connectivity index (χ2v) is 6.32. The van der Waals surface area contributed by atoms with E-state index in [-0.39, 0.29) is 10.9 Å². The van der Waals surface area contributed by atoms with Crippen LogP contribution in [0.15, 0.2) is 29.2 Å². The fraction of sp³-hybridized carbons (Fsp3) is 0.571. The van der Waals surface area contributed by atoms with E-state index in [0.29, 0.717) is 12.4 Å². The minimum atomic E-state index is -3.42. The maximum atomic E-state index is 12.0. The van der Waals surface area contributed by atoms with Crippen molar-refractivity contribution in [2.45, 2.75) is 51.0 Å². The van der Waals surface area contributed by atoms with Gasteiger partial charge in [-0.25, -0.2) is 13.1 Å². The molecule has 0 aromatic heterocycles. The highest BCUT2D eigenvalue weighted by Gasteiger charge is 2.16. The number of hydrogen-bond donors (Lipinski definition) is 1. The first kappa shape index (κ1) is 16.0. The average molecular weight is 285 g/mol. The third-order valence-electron chi connectivity index (χ3n) is 2.87. The summed E-state index contributed by atoms with van der Waals surface area (Å²) in [4.78, 5) is 0.274. The zero-order valence-corrected chi connectivity index (χ0v) is 12.7. The molecule has 0 saturated heterocycles. The number of unbranched alkanes of at least 4 members (excludes halogenated alkanes) is 1. The molecular formula is C14H23NO3S. The second kappa shape index (κ2) is 7.50. The molecule has 1 rings (SSSR count). The van der Waals surface area contributed by atoms with Crippen molar-refractivity contribution in [2.75, 3.05) is 6.61 Å². The average Bonchev–Trinajstić information content (AvgIpc) is 2.39. The van der Waals surface area contributed by atoms with Crippen molar-refractivity contribution in [1.82, 2.24) is 4.72 Å². The molecule has 0 spiro atoms. The molecule has 0 heterocycles. The lowest BCUT2D eigenvalue weighted by atomic mass is 10.3. The minimum Gasteiger partial charge on any atom is -0.494 e. The largest absolute Gasteiger partial charge is 0.494 e. The van der Waals surface area contributed by atoms with Gasteiger partial charge in [0.15, 0.2) is 0 Å². The number of hydrogen-bond acceptors (Lipinski definition) is 3. The van der Waals surface area contributed by atoms with E-state index in [4.69, 9.17) is 4.74 Å². The van der Waals surface area contributed by atoms with E-state index in [1.807, 2.05) is 13.8 Å². The predicted molar refractivity (Wildman–Crippen MR) is 76.9 cm³/mol. The quantitative estimate of drug-likeness (QED) is 0.747. The van der Waals surface area contributed by atoms with Crippen LogP contribution >= 0.6 is 0 Å². The van der Waals surface area contributed by atoms with Gasteiger partial charge in [-0.2, -0.15) is 0 Å². The van der Waals surface area contributed by atoms with E-state index in [1.165, 1.54) is 0 Å². The van der Waals surface area contributed by atoms with Crippen LogP contribution in [0.25, 0.3) is 0 Å². The molecule has 0 aliphatic rings. The highest BCUT2D eigenvalue weighted by Crippen LogP contribution is 2.16. The predicted octanol–water partition coefficient (Wildman–Crippen LogP) is 2.94. The minimum absolute atomic E-state index is 0.0644. The van der Waals surface area contributed by atoms with Gasteiger partial charge in [-0.1, -0.05) is 20.3 Å². The Morgan fingerprint density at radius 2 is 1.84 bits per heavy atom. The van der Waals surface area contributed by atoms with E-state index < -0.39 is 10.0 Å². The van der Waals surface area contributed by atoms with E-state index >= 15 is 0 Å². The number of nitrogens with one attached hydrogen (secondary N) is 1. The fourth-order valence-corrected chi connectivity index (χ4v) is 2.79. The van der Waals surface area contributed by atoms with Crippen molar-refractivity contribution < 1.29 is 13.2 Å². The molecule has 1 aromatic carbocycles. The Balaban J connectivity index is 2.69. The molecule has 1 aromatic rings. The summed E-state index contributed by atoms with van der Waals surface area (Å²) in [5, 5.41) is 0. The fourth-order valence-electron chi connectivity index (χ4n) is 1.47. The molecule has 0 aliphatic carbocycles. The van der Waals surface area contributed by atoms with Crippen LogP contribution in [0, 0.1) is 0 Å². The van der Waals surface area contributed by atoms with E-state index in [9.17, 15) is 8.42 Å². The summed E-state index contributed by atoms with van der Waals surface area (Å²) < 4.78 is 32.2. The molecule has 1 N–H and O–H groups in total. The number of ether oxygens (including phenoxy) is 1. The molecule has 4 nitrogen and oxygen atoms in total. The Bertz CT molecular complexity index is 468. The summed E-state index contributed by atoms with van der Waals surface area (Å²) >= 11 is 0. The summed E-state index contributed by atoms with van der Waals surface area (Å²) in [6.07, 6.45) is 2.83. The molecule has 0 amide bonds. The first-order valence-corrected chi connectivity index (χ1v) is 8.23. The summed E-state index contributed by atoms with van der Waals surface area (Å²) in [5.41, 5.74) is 0. The zero-order valence-electron chi connectivity index (χ0n) is 11.8. The van der Waals surface area contributed by atoms with Gasteiger partial charge in [-0.05, 0) is 44.0 Å². The van der Waals surface area contributed by atoms with Crippen molar-refractivity contribution in [3.05, 3.63) is 24.3 Å². The van der Waals surface area contributed by atoms with Crippen molar-refractivity contribution in [1.29, 1.82) is 0 Å². The third-order valence-corrected chi connectivity index (χ3v) is 4.47. The van der Waals surface area contributed by atoms with Crippen LogP contribution in [0.1, 0.15) is 40.0 Å². The Hall–Kier alpha value is -1.07. The van der Waals surface area contributed by atoms with Crippen LogP contribution in [-0.4, -0.2) is 21.1 Å². The van der Waals surface area contributed by atoms with Gasteiger partial charge in [-0.15, -0.1) is 0 Å². The topological polar surface area (TPSA) is 55.4 Å². The van der Waals surface area contributed by atoms with Gasteiger partial charge in [0.25, 0.3) is 0 Å². The van der Waals surface area contributed by atoms with Crippen LogP contribution in [-0.2, 0) is 10.0 Å². The monoisotopic (exact) mass is 285 g/mol. The molecule has 19 heavy (non-hydrogen) atoms. The molecular weight excluding hydrogens is 262 g/mol. The normalized spacial score (nSPS) is 13.2. The van der Waals surface area contributed by atoms with Crippen molar-refractivity contribution in [3.8, 4) is 5.75 Å². The highest BCUT2D eigenvalue weighted by atomic mass is 32.2. The lowest BCUT2D eigenvalue weighted by Gasteiger charge is -2.12. The van der Waals surface area contributed by atoms with Crippen molar-refractivity contribution >= 4 is 10.0 Å². The maximum absolute atomic E-state index is 12.0. The van der Waals surface area contributed by atoms with Gasteiger partial charge in [0.05, 0.1) is 11.5 Å². The SMILES string of the molecule is CCCCOc1ccc(S(=O)(=O)NC(C)CC)cc1. The second-order valence-electron chi connectivity index (χ2n) is 4.60. The van der Waals surface area contributed by atoms with Gasteiger partial charge >= 0.3 is 0 Å². The Labute approximate surface area is 116 Å². The molecule has 1 atom stereocenters. The Morgan fingerprint density at radius 3 is 2.37 bits per heavy atom. The van der Waals surface area contributed by atoms with Crippen molar-refractivity contribution in [3.63, 3.8) is 0 Å². The van der Waals surface area contributed by atoms with Crippen molar-refractivity contribution in [2.24, 2.45) is 0 Å². The first-order valence-electron chi connectivity index (χ1n) is 6.74.